The number of epoxide rings is 1. The third-order valence-electron chi connectivity index (χ3n) is 1.45. The number of carbonyl (C=O) groups is 1. The van der Waals surface area contributed by atoms with Gasteiger partial charge in [-0.05, 0) is 0 Å². The quantitative estimate of drug-likeness (QED) is 0.479. The van der Waals surface area contributed by atoms with Crippen LogP contribution >= 0.6 is 0 Å². The Labute approximate surface area is 65.1 Å². The van der Waals surface area contributed by atoms with Gasteiger partial charge in [0.2, 0.25) is 0 Å². The van der Waals surface area contributed by atoms with E-state index in [9.17, 15) is 4.79 Å². The highest BCUT2D eigenvalue weighted by Crippen LogP contribution is 2.10. The van der Waals surface area contributed by atoms with Crippen LogP contribution in [0.4, 0.5) is 4.79 Å². The Kier molecular flexibility index (Phi) is 2.48. The van der Waals surface area contributed by atoms with Crippen molar-refractivity contribution in [2.24, 2.45) is 0 Å². The molecule has 1 fully saturated rings. The summed E-state index contributed by atoms with van der Waals surface area (Å²) in [5, 5.41) is 8.60. The van der Waals surface area contributed by atoms with Gasteiger partial charge in [0, 0.05) is 6.54 Å². The second-order valence-electron chi connectivity index (χ2n) is 2.43. The molecule has 0 bridgehead atoms. The van der Waals surface area contributed by atoms with Gasteiger partial charge in [0.05, 0.1) is 19.3 Å². The number of hydrogen-bond acceptors (Lipinski definition) is 2. The minimum absolute atomic E-state index is 0.117. The molecule has 1 heterocycles. The maximum Gasteiger partial charge on any atom is 0.407 e. The first-order chi connectivity index (χ1) is 5.24. The van der Waals surface area contributed by atoms with Crippen molar-refractivity contribution in [3.05, 3.63) is 12.7 Å². The molecular formula is C7H11NO3. The van der Waals surface area contributed by atoms with Gasteiger partial charge in [-0.3, -0.25) is 0 Å². The zero-order chi connectivity index (χ0) is 8.27. The highest BCUT2D eigenvalue weighted by Gasteiger charge is 2.26. The van der Waals surface area contributed by atoms with Crippen LogP contribution in [-0.4, -0.2) is 41.9 Å². The smallest absolute Gasteiger partial charge is 0.407 e. The molecule has 1 aliphatic heterocycles. The van der Waals surface area contributed by atoms with E-state index in [1.165, 1.54) is 4.90 Å². The molecular weight excluding hydrogens is 146 g/mol. The molecule has 1 atom stereocenters. The molecule has 1 N–H and O–H groups in total. The van der Waals surface area contributed by atoms with Crippen LogP contribution in [0.3, 0.4) is 0 Å². The zero-order valence-electron chi connectivity index (χ0n) is 6.19. The summed E-state index contributed by atoms with van der Waals surface area (Å²) in [6.45, 7) is 4.98. The fourth-order valence-corrected chi connectivity index (χ4v) is 0.806. The molecule has 4 nitrogen and oxygen atoms in total. The summed E-state index contributed by atoms with van der Waals surface area (Å²) in [5.74, 6) is 0. The number of amides is 1. The molecule has 1 aliphatic rings. The Bertz CT molecular complexity index is 165. The van der Waals surface area contributed by atoms with Gasteiger partial charge in [-0.25, -0.2) is 4.79 Å². The van der Waals surface area contributed by atoms with E-state index < -0.39 is 6.09 Å². The van der Waals surface area contributed by atoms with Crippen molar-refractivity contribution in [3.8, 4) is 0 Å². The van der Waals surface area contributed by atoms with Crippen molar-refractivity contribution in [2.45, 2.75) is 6.10 Å². The lowest BCUT2D eigenvalue weighted by molar-refractivity contribution is 0.146. The lowest BCUT2D eigenvalue weighted by Gasteiger charge is -2.14. The normalized spacial score (nSPS) is 20.9. The van der Waals surface area contributed by atoms with Gasteiger partial charge in [0.15, 0.2) is 0 Å². The fraction of sp³-hybridized carbons (Fsp3) is 0.571. The average molecular weight is 157 g/mol. The summed E-state index contributed by atoms with van der Waals surface area (Å²) in [5.41, 5.74) is 0. The lowest BCUT2D eigenvalue weighted by Crippen LogP contribution is -2.32. The highest BCUT2D eigenvalue weighted by atomic mass is 16.6. The first-order valence-electron chi connectivity index (χ1n) is 3.44. The molecule has 1 amide bonds. The Hall–Kier alpha value is -1.03. The molecule has 0 aromatic rings. The molecule has 0 aromatic carbocycles. The largest absolute Gasteiger partial charge is 0.465 e. The SMILES string of the molecule is C=CCN(C[C@H]1CO1)C(=O)O. The minimum atomic E-state index is -0.916. The summed E-state index contributed by atoms with van der Waals surface area (Å²) >= 11 is 0. The van der Waals surface area contributed by atoms with E-state index in [0.29, 0.717) is 19.7 Å². The second-order valence-corrected chi connectivity index (χ2v) is 2.43. The molecule has 0 aromatic heterocycles. The van der Waals surface area contributed by atoms with Crippen LogP contribution in [0, 0.1) is 0 Å². The Balaban J connectivity index is 2.30. The molecule has 0 spiro atoms. The molecule has 62 valence electrons. The number of ether oxygens (including phenoxy) is 1. The van der Waals surface area contributed by atoms with E-state index in [2.05, 4.69) is 6.58 Å². The van der Waals surface area contributed by atoms with Crippen molar-refractivity contribution in [3.63, 3.8) is 0 Å². The van der Waals surface area contributed by atoms with Crippen LogP contribution in [0.15, 0.2) is 12.7 Å². The van der Waals surface area contributed by atoms with Gasteiger partial charge in [0.1, 0.15) is 0 Å². The summed E-state index contributed by atoms with van der Waals surface area (Å²) < 4.78 is 4.90. The van der Waals surface area contributed by atoms with Crippen LogP contribution in [0.1, 0.15) is 0 Å². The number of hydrogen-bond donors (Lipinski definition) is 1. The van der Waals surface area contributed by atoms with Gasteiger partial charge in [-0.15, -0.1) is 6.58 Å². The molecule has 0 saturated carbocycles. The number of nitrogens with zero attached hydrogens (tertiary/aromatic N) is 1. The summed E-state index contributed by atoms with van der Waals surface area (Å²) in [4.78, 5) is 11.8. The Morgan fingerprint density at radius 3 is 2.91 bits per heavy atom. The molecule has 0 unspecified atom stereocenters. The summed E-state index contributed by atoms with van der Waals surface area (Å²) in [6.07, 6.45) is 0.766. The predicted octanol–water partition coefficient (Wildman–Crippen LogP) is 0.551. The van der Waals surface area contributed by atoms with E-state index in [4.69, 9.17) is 9.84 Å². The van der Waals surface area contributed by atoms with E-state index in [1.54, 1.807) is 6.08 Å². The molecule has 1 rings (SSSR count). The van der Waals surface area contributed by atoms with Gasteiger partial charge in [-0.1, -0.05) is 6.08 Å². The summed E-state index contributed by atoms with van der Waals surface area (Å²) in [7, 11) is 0. The van der Waals surface area contributed by atoms with E-state index >= 15 is 0 Å². The van der Waals surface area contributed by atoms with Crippen molar-refractivity contribution in [2.75, 3.05) is 19.7 Å². The monoisotopic (exact) mass is 157 g/mol. The van der Waals surface area contributed by atoms with E-state index in [0.717, 1.165) is 0 Å². The van der Waals surface area contributed by atoms with E-state index in [1.807, 2.05) is 0 Å². The minimum Gasteiger partial charge on any atom is -0.465 e. The topological polar surface area (TPSA) is 53.1 Å². The van der Waals surface area contributed by atoms with Gasteiger partial charge >= 0.3 is 6.09 Å². The third-order valence-corrected chi connectivity index (χ3v) is 1.45. The average Bonchev–Trinajstić information content (AvgIpc) is 2.70. The van der Waals surface area contributed by atoms with E-state index in [-0.39, 0.29) is 6.10 Å². The van der Waals surface area contributed by atoms with Crippen LogP contribution in [0.2, 0.25) is 0 Å². The molecule has 11 heavy (non-hydrogen) atoms. The van der Waals surface area contributed by atoms with Crippen molar-refractivity contribution >= 4 is 6.09 Å². The van der Waals surface area contributed by atoms with Crippen LogP contribution in [0.5, 0.6) is 0 Å². The Morgan fingerprint density at radius 2 is 2.55 bits per heavy atom. The van der Waals surface area contributed by atoms with Crippen LogP contribution in [0.25, 0.3) is 0 Å². The van der Waals surface area contributed by atoms with Crippen molar-refractivity contribution < 1.29 is 14.6 Å². The van der Waals surface area contributed by atoms with Crippen molar-refractivity contribution in [1.29, 1.82) is 0 Å². The zero-order valence-corrected chi connectivity index (χ0v) is 6.19. The first-order valence-corrected chi connectivity index (χ1v) is 3.44. The van der Waals surface area contributed by atoms with Gasteiger partial charge in [-0.2, -0.15) is 0 Å². The standard InChI is InChI=1S/C7H11NO3/c1-2-3-8(7(9)10)4-6-5-11-6/h2,6H,1,3-5H2,(H,9,10)/t6-/m0/s1. The first kappa shape index (κ1) is 8.07. The number of carboxylic acid groups (broad SMARTS) is 1. The molecule has 0 aliphatic carbocycles. The van der Waals surface area contributed by atoms with Gasteiger partial charge < -0.3 is 14.7 Å². The maximum atomic E-state index is 10.5. The van der Waals surface area contributed by atoms with Gasteiger partial charge in [0.25, 0.3) is 0 Å². The third kappa shape index (κ3) is 2.59. The molecule has 0 radical (unpaired) electrons. The highest BCUT2D eigenvalue weighted by molar-refractivity contribution is 5.65. The van der Waals surface area contributed by atoms with Crippen LogP contribution < -0.4 is 0 Å². The maximum absolute atomic E-state index is 10.5. The second kappa shape index (κ2) is 3.39. The summed E-state index contributed by atoms with van der Waals surface area (Å²) in [6, 6.07) is 0. The number of rotatable bonds is 4. The Morgan fingerprint density at radius 1 is 1.91 bits per heavy atom. The predicted molar refractivity (Wildman–Crippen MR) is 39.5 cm³/mol. The fourth-order valence-electron chi connectivity index (χ4n) is 0.806. The molecule has 4 heteroatoms. The van der Waals surface area contributed by atoms with Crippen molar-refractivity contribution in [1.82, 2.24) is 4.90 Å². The van der Waals surface area contributed by atoms with Crippen LogP contribution in [-0.2, 0) is 4.74 Å². The molecule has 1 saturated heterocycles. The lowest BCUT2D eigenvalue weighted by atomic mass is 10.4.